The average Bonchev–Trinajstić information content (AvgIpc) is 2.84. The minimum absolute atomic E-state index is 0.126. The van der Waals surface area contributed by atoms with Crippen molar-refractivity contribution in [2.75, 3.05) is 18.1 Å². The van der Waals surface area contributed by atoms with E-state index in [1.54, 1.807) is 18.2 Å². The highest BCUT2D eigenvalue weighted by atomic mass is 32.2. The zero-order valence-electron chi connectivity index (χ0n) is 21.7. The van der Waals surface area contributed by atoms with Crippen LogP contribution in [0.3, 0.4) is 0 Å². The fraction of sp³-hybridized carbons (Fsp3) is 0.481. The Kier molecular flexibility index (Phi) is 9.59. The van der Waals surface area contributed by atoms with Gasteiger partial charge in [0.25, 0.3) is 0 Å². The van der Waals surface area contributed by atoms with Gasteiger partial charge in [-0.1, -0.05) is 30.3 Å². The van der Waals surface area contributed by atoms with Crippen molar-refractivity contribution in [1.82, 2.24) is 10.2 Å². The van der Waals surface area contributed by atoms with E-state index in [0.717, 1.165) is 18.6 Å². The van der Waals surface area contributed by atoms with E-state index in [0.29, 0.717) is 12.8 Å². The summed E-state index contributed by atoms with van der Waals surface area (Å²) in [6, 6.07) is 12.5. The molecule has 0 saturated heterocycles. The van der Waals surface area contributed by atoms with Gasteiger partial charge in [-0.25, -0.2) is 8.42 Å². The van der Waals surface area contributed by atoms with Crippen molar-refractivity contribution in [1.29, 1.82) is 0 Å². The van der Waals surface area contributed by atoms with Crippen LogP contribution in [0.1, 0.15) is 45.1 Å². The van der Waals surface area contributed by atoms with Crippen molar-refractivity contribution in [3.05, 3.63) is 60.2 Å². The number of hydrogen-bond donors (Lipinski definition) is 2. The summed E-state index contributed by atoms with van der Waals surface area (Å²) < 4.78 is 66.0. The fourth-order valence-corrected chi connectivity index (χ4v) is 6.54. The Morgan fingerprint density at radius 3 is 2.26 bits per heavy atom. The molecule has 7 nitrogen and oxygen atoms in total. The lowest BCUT2D eigenvalue weighted by molar-refractivity contribution is -0.137. The number of benzene rings is 2. The number of rotatable bonds is 9. The Balaban J connectivity index is 1.71. The molecule has 3 atom stereocenters. The zero-order valence-corrected chi connectivity index (χ0v) is 22.5. The molecule has 0 heterocycles. The molecule has 0 bridgehead atoms. The van der Waals surface area contributed by atoms with Gasteiger partial charge in [0.1, 0.15) is 6.42 Å². The van der Waals surface area contributed by atoms with Crippen molar-refractivity contribution >= 4 is 27.3 Å². The van der Waals surface area contributed by atoms with Gasteiger partial charge in [0, 0.05) is 18.1 Å². The van der Waals surface area contributed by atoms with Gasteiger partial charge in [0.2, 0.25) is 11.8 Å². The maximum Gasteiger partial charge on any atom is 0.418 e. The molecule has 1 fully saturated rings. The molecule has 1 aliphatic carbocycles. The van der Waals surface area contributed by atoms with E-state index in [2.05, 4.69) is 29.4 Å². The zero-order chi connectivity index (χ0) is 28.1. The third kappa shape index (κ3) is 7.80. The molecule has 11 heteroatoms. The number of nitrogens with one attached hydrogen (secondary N) is 2. The van der Waals surface area contributed by atoms with Gasteiger partial charge >= 0.3 is 6.18 Å². The normalized spacial score (nSPS) is 20.4. The Hall–Kier alpha value is -2.92. The Bertz CT molecular complexity index is 1220. The van der Waals surface area contributed by atoms with E-state index in [1.807, 2.05) is 7.05 Å². The molecule has 0 aliphatic heterocycles. The van der Waals surface area contributed by atoms with E-state index < -0.39 is 57.5 Å². The molecular weight excluding hydrogens is 519 g/mol. The quantitative estimate of drug-likeness (QED) is 0.446. The summed E-state index contributed by atoms with van der Waals surface area (Å²) in [4.78, 5) is 27.5. The Labute approximate surface area is 221 Å². The molecule has 2 aromatic carbocycles. The van der Waals surface area contributed by atoms with Crippen LogP contribution in [0.5, 0.6) is 0 Å². The molecule has 2 amide bonds. The predicted molar refractivity (Wildman–Crippen MR) is 139 cm³/mol. The second-order valence-corrected chi connectivity index (χ2v) is 12.1. The number of hydrogen-bond acceptors (Lipinski definition) is 5. The lowest BCUT2D eigenvalue weighted by Crippen LogP contribution is -2.51. The monoisotopic (exact) mass is 553 g/mol. The van der Waals surface area contributed by atoms with Crippen molar-refractivity contribution in [3.8, 4) is 0 Å². The largest absolute Gasteiger partial charge is 0.418 e. The molecule has 0 unspecified atom stereocenters. The lowest BCUT2D eigenvalue weighted by Gasteiger charge is -2.41. The summed E-state index contributed by atoms with van der Waals surface area (Å²) in [6.07, 6.45) is -3.56. The van der Waals surface area contributed by atoms with Crippen molar-refractivity contribution < 1.29 is 31.2 Å². The number of amides is 2. The van der Waals surface area contributed by atoms with Crippen LogP contribution in [0.4, 0.5) is 18.9 Å². The number of alkyl halides is 3. The first-order chi connectivity index (χ1) is 17.8. The van der Waals surface area contributed by atoms with Crippen LogP contribution in [0, 0.1) is 5.92 Å². The number of halogens is 3. The second kappa shape index (κ2) is 12.3. The summed E-state index contributed by atoms with van der Waals surface area (Å²) in [5.41, 5.74) is -1.44. The maximum absolute atomic E-state index is 13.2. The average molecular weight is 554 g/mol. The van der Waals surface area contributed by atoms with Gasteiger partial charge < -0.3 is 15.5 Å². The number of sulfone groups is 1. The topological polar surface area (TPSA) is 95.6 Å². The first kappa shape index (κ1) is 29.6. The van der Waals surface area contributed by atoms with E-state index in [1.165, 1.54) is 24.3 Å². The third-order valence-electron chi connectivity index (χ3n) is 7.06. The summed E-state index contributed by atoms with van der Waals surface area (Å²) >= 11 is 0. The van der Waals surface area contributed by atoms with E-state index in [-0.39, 0.29) is 22.7 Å². The molecule has 1 aliphatic rings. The van der Waals surface area contributed by atoms with Crippen molar-refractivity contribution in [3.63, 3.8) is 0 Å². The fourth-order valence-electron chi connectivity index (χ4n) is 4.85. The summed E-state index contributed by atoms with van der Waals surface area (Å²) in [7, 11) is -1.65. The number of anilines is 1. The van der Waals surface area contributed by atoms with Crippen LogP contribution in [-0.4, -0.2) is 56.1 Å². The van der Waals surface area contributed by atoms with Crippen LogP contribution in [-0.2, 0) is 25.6 Å². The highest BCUT2D eigenvalue weighted by molar-refractivity contribution is 7.91. The maximum atomic E-state index is 13.2. The lowest BCUT2D eigenvalue weighted by atomic mass is 9.81. The van der Waals surface area contributed by atoms with Crippen LogP contribution < -0.4 is 10.6 Å². The second-order valence-electron chi connectivity index (χ2n) is 10.0. The summed E-state index contributed by atoms with van der Waals surface area (Å²) in [6.45, 7) is 4.11. The number of carbonyl (C=O) groups excluding carboxylic acids is 2. The molecule has 0 spiro atoms. The smallest absolute Gasteiger partial charge is 0.353 e. The SMILES string of the molecule is CC(C)N(C)[C@H]1CC[C@H](NC(=O)CC(=O)Nc2ccccc2C(F)(F)F)[C@@H](CS(=O)(=O)c2ccccc2)C1. The van der Waals surface area contributed by atoms with E-state index in [9.17, 15) is 31.2 Å². The minimum Gasteiger partial charge on any atom is -0.353 e. The first-order valence-corrected chi connectivity index (χ1v) is 14.2. The van der Waals surface area contributed by atoms with E-state index in [4.69, 9.17) is 0 Å². The van der Waals surface area contributed by atoms with Crippen LogP contribution in [0.2, 0.25) is 0 Å². The highest BCUT2D eigenvalue weighted by Crippen LogP contribution is 2.35. The van der Waals surface area contributed by atoms with E-state index >= 15 is 0 Å². The standard InChI is InChI=1S/C27H34F3N3O4S/c1-18(2)33(3)20-13-14-23(19(15-20)17-38(36,37)21-9-5-4-6-10-21)31-25(34)16-26(35)32-24-12-8-7-11-22(24)27(28,29)30/h4-12,18-20,23H,13-17H2,1-3H3,(H,31,34)(H,32,35)/t19-,20+,23+/m1/s1. The number of para-hydroxylation sites is 1. The molecule has 0 aromatic heterocycles. The molecule has 1 saturated carbocycles. The molecule has 2 aromatic rings. The predicted octanol–water partition coefficient (Wildman–Crippen LogP) is 4.50. The highest BCUT2D eigenvalue weighted by Gasteiger charge is 2.37. The Morgan fingerprint density at radius 2 is 1.63 bits per heavy atom. The molecular formula is C27H34F3N3O4S. The molecule has 208 valence electrons. The number of nitrogens with zero attached hydrogens (tertiary/aromatic N) is 1. The van der Waals surface area contributed by atoms with Gasteiger partial charge in [0.05, 0.1) is 21.9 Å². The molecule has 0 radical (unpaired) electrons. The van der Waals surface area contributed by atoms with Crippen LogP contribution in [0.15, 0.2) is 59.5 Å². The van der Waals surface area contributed by atoms with Crippen molar-refractivity contribution in [2.24, 2.45) is 5.92 Å². The number of carbonyl (C=O) groups is 2. The Morgan fingerprint density at radius 1 is 1.00 bits per heavy atom. The van der Waals surface area contributed by atoms with Gasteiger partial charge in [0.15, 0.2) is 9.84 Å². The summed E-state index contributed by atoms with van der Waals surface area (Å²) in [5.74, 6) is -2.14. The van der Waals surface area contributed by atoms with Crippen LogP contribution in [0.25, 0.3) is 0 Å². The first-order valence-electron chi connectivity index (χ1n) is 12.5. The molecule has 3 rings (SSSR count). The molecule has 2 N–H and O–H groups in total. The minimum atomic E-state index is -4.66. The third-order valence-corrected chi connectivity index (χ3v) is 8.91. The van der Waals surface area contributed by atoms with Crippen molar-refractivity contribution in [2.45, 2.75) is 68.7 Å². The van der Waals surface area contributed by atoms with Crippen LogP contribution >= 0.6 is 0 Å². The van der Waals surface area contributed by atoms with Gasteiger partial charge in [-0.15, -0.1) is 0 Å². The molecule has 38 heavy (non-hydrogen) atoms. The van der Waals surface area contributed by atoms with Gasteiger partial charge in [-0.3, -0.25) is 9.59 Å². The van der Waals surface area contributed by atoms with Gasteiger partial charge in [-0.2, -0.15) is 13.2 Å². The summed E-state index contributed by atoms with van der Waals surface area (Å²) in [5, 5.41) is 4.96. The van der Waals surface area contributed by atoms with Gasteiger partial charge in [-0.05, 0) is 70.3 Å².